The Kier molecular flexibility index (Phi) is 5.07. The van der Waals surface area contributed by atoms with E-state index in [4.69, 9.17) is 10.5 Å². The van der Waals surface area contributed by atoms with Crippen molar-refractivity contribution in [3.05, 3.63) is 23.8 Å². The number of amides is 1. The summed E-state index contributed by atoms with van der Waals surface area (Å²) in [5.41, 5.74) is 6.98. The smallest absolute Gasteiger partial charge is 0.254 e. The summed E-state index contributed by atoms with van der Waals surface area (Å²) in [6.45, 7) is 7.82. The number of hydrogen-bond acceptors (Lipinski definition) is 4. The average molecular weight is 291 g/mol. The lowest BCUT2D eigenvalue weighted by atomic mass is 10.1. The van der Waals surface area contributed by atoms with Crippen LogP contribution >= 0.6 is 0 Å². The highest BCUT2D eigenvalue weighted by atomic mass is 16.5. The van der Waals surface area contributed by atoms with Crippen LogP contribution in [-0.2, 0) is 0 Å². The number of nitrogens with two attached hydrogens (primary N) is 1. The number of carbonyl (C=O) groups is 1. The Balaban J connectivity index is 2.03. The maximum Gasteiger partial charge on any atom is 0.254 e. The quantitative estimate of drug-likeness (QED) is 0.860. The molecule has 1 aromatic carbocycles. The maximum absolute atomic E-state index is 12.6. The highest BCUT2D eigenvalue weighted by Gasteiger charge is 2.24. The fourth-order valence-corrected chi connectivity index (χ4v) is 2.67. The third kappa shape index (κ3) is 3.67. The van der Waals surface area contributed by atoms with Crippen LogP contribution in [0.4, 0.5) is 5.69 Å². The molecule has 1 aliphatic heterocycles. The van der Waals surface area contributed by atoms with E-state index < -0.39 is 0 Å². The Labute approximate surface area is 126 Å². The van der Waals surface area contributed by atoms with E-state index in [1.807, 2.05) is 4.90 Å². The van der Waals surface area contributed by atoms with E-state index in [1.54, 1.807) is 25.3 Å². The SMILES string of the molecule is CCC(C)N1CCN(C(=O)c2cc(N)cc(OC)c2)CC1. The van der Waals surface area contributed by atoms with Gasteiger partial charge in [-0.15, -0.1) is 0 Å². The fourth-order valence-electron chi connectivity index (χ4n) is 2.67. The molecular weight excluding hydrogens is 266 g/mol. The lowest BCUT2D eigenvalue weighted by molar-refractivity contribution is 0.0579. The van der Waals surface area contributed by atoms with Gasteiger partial charge in [-0.3, -0.25) is 9.69 Å². The predicted molar refractivity (Wildman–Crippen MR) is 84.6 cm³/mol. The van der Waals surface area contributed by atoms with Crippen molar-refractivity contribution in [2.45, 2.75) is 26.3 Å². The van der Waals surface area contributed by atoms with Crippen molar-refractivity contribution in [2.24, 2.45) is 0 Å². The van der Waals surface area contributed by atoms with Gasteiger partial charge < -0.3 is 15.4 Å². The molecule has 2 N–H and O–H groups in total. The monoisotopic (exact) mass is 291 g/mol. The van der Waals surface area contributed by atoms with Crippen LogP contribution in [0.5, 0.6) is 5.75 Å². The second-order valence-electron chi connectivity index (χ2n) is 5.58. The molecule has 1 aromatic rings. The minimum absolute atomic E-state index is 0.0319. The molecule has 1 atom stereocenters. The van der Waals surface area contributed by atoms with Crippen LogP contribution in [0.25, 0.3) is 0 Å². The Hall–Kier alpha value is -1.75. The van der Waals surface area contributed by atoms with E-state index in [9.17, 15) is 4.79 Å². The number of ether oxygens (including phenoxy) is 1. The summed E-state index contributed by atoms with van der Waals surface area (Å²) in [7, 11) is 1.58. The van der Waals surface area contributed by atoms with Gasteiger partial charge in [-0.1, -0.05) is 6.92 Å². The zero-order valence-corrected chi connectivity index (χ0v) is 13.1. The molecule has 0 bridgehead atoms. The number of nitrogens with zero attached hydrogens (tertiary/aromatic N) is 2. The maximum atomic E-state index is 12.6. The second-order valence-corrected chi connectivity index (χ2v) is 5.58. The molecule has 116 valence electrons. The predicted octanol–water partition coefficient (Wildman–Crippen LogP) is 1.83. The molecule has 0 aromatic heterocycles. The van der Waals surface area contributed by atoms with Gasteiger partial charge in [-0.05, 0) is 25.5 Å². The Bertz CT molecular complexity index is 496. The summed E-state index contributed by atoms with van der Waals surface area (Å²) >= 11 is 0. The number of nitrogen functional groups attached to an aromatic ring is 1. The molecule has 5 nitrogen and oxygen atoms in total. The normalized spacial score (nSPS) is 17.6. The van der Waals surface area contributed by atoms with Crippen LogP contribution in [-0.4, -0.2) is 55.0 Å². The van der Waals surface area contributed by atoms with Gasteiger partial charge in [0.1, 0.15) is 5.75 Å². The standard InChI is InChI=1S/C16H25N3O2/c1-4-12(2)18-5-7-19(8-6-18)16(20)13-9-14(17)11-15(10-13)21-3/h9-12H,4-8,17H2,1-3H3. The minimum Gasteiger partial charge on any atom is -0.497 e. The van der Waals surface area contributed by atoms with E-state index in [2.05, 4.69) is 18.7 Å². The molecule has 1 fully saturated rings. The average Bonchev–Trinajstić information content (AvgIpc) is 2.52. The third-order valence-electron chi connectivity index (χ3n) is 4.23. The van der Waals surface area contributed by atoms with Crippen LogP contribution in [0.1, 0.15) is 30.6 Å². The van der Waals surface area contributed by atoms with Crippen molar-refractivity contribution in [3.8, 4) is 5.75 Å². The first-order valence-electron chi connectivity index (χ1n) is 7.53. The van der Waals surface area contributed by atoms with Gasteiger partial charge in [0.2, 0.25) is 0 Å². The molecule has 1 heterocycles. The molecular formula is C16H25N3O2. The molecule has 0 radical (unpaired) electrons. The van der Waals surface area contributed by atoms with E-state index in [1.165, 1.54) is 0 Å². The van der Waals surface area contributed by atoms with E-state index in [0.29, 0.717) is 23.0 Å². The number of anilines is 1. The van der Waals surface area contributed by atoms with E-state index in [0.717, 1.165) is 32.6 Å². The lowest BCUT2D eigenvalue weighted by Crippen LogP contribution is -2.51. The molecule has 2 rings (SSSR count). The molecule has 1 saturated heterocycles. The molecule has 1 aliphatic rings. The zero-order valence-electron chi connectivity index (χ0n) is 13.1. The first-order valence-corrected chi connectivity index (χ1v) is 7.53. The summed E-state index contributed by atoms with van der Waals surface area (Å²) in [5.74, 6) is 0.654. The van der Waals surface area contributed by atoms with Gasteiger partial charge in [0.25, 0.3) is 5.91 Å². The lowest BCUT2D eigenvalue weighted by Gasteiger charge is -2.37. The Morgan fingerprint density at radius 3 is 2.52 bits per heavy atom. The molecule has 21 heavy (non-hydrogen) atoms. The first-order chi connectivity index (χ1) is 10.0. The molecule has 1 unspecified atom stereocenters. The highest BCUT2D eigenvalue weighted by molar-refractivity contribution is 5.95. The van der Waals surface area contributed by atoms with Crippen molar-refractivity contribution in [2.75, 3.05) is 39.0 Å². The van der Waals surface area contributed by atoms with E-state index >= 15 is 0 Å². The molecule has 1 amide bonds. The fraction of sp³-hybridized carbons (Fsp3) is 0.562. The van der Waals surface area contributed by atoms with Crippen LogP contribution in [0.15, 0.2) is 18.2 Å². The van der Waals surface area contributed by atoms with Crippen molar-refractivity contribution < 1.29 is 9.53 Å². The minimum atomic E-state index is 0.0319. The number of benzene rings is 1. The number of rotatable bonds is 4. The number of carbonyl (C=O) groups excluding carboxylic acids is 1. The molecule has 0 spiro atoms. The van der Waals surface area contributed by atoms with Crippen LogP contribution in [0.3, 0.4) is 0 Å². The molecule has 5 heteroatoms. The first kappa shape index (κ1) is 15.6. The summed E-state index contributed by atoms with van der Waals surface area (Å²) < 4.78 is 5.18. The van der Waals surface area contributed by atoms with Gasteiger partial charge in [0.05, 0.1) is 7.11 Å². The summed E-state index contributed by atoms with van der Waals surface area (Å²) in [6.07, 6.45) is 1.14. The van der Waals surface area contributed by atoms with Crippen LogP contribution < -0.4 is 10.5 Å². The Morgan fingerprint density at radius 1 is 1.29 bits per heavy atom. The number of hydrogen-bond donors (Lipinski definition) is 1. The van der Waals surface area contributed by atoms with Gasteiger partial charge in [-0.2, -0.15) is 0 Å². The molecule has 0 saturated carbocycles. The van der Waals surface area contributed by atoms with Gasteiger partial charge in [0.15, 0.2) is 0 Å². The summed E-state index contributed by atoms with van der Waals surface area (Å²) in [6, 6.07) is 5.76. The number of piperazine rings is 1. The molecule has 0 aliphatic carbocycles. The van der Waals surface area contributed by atoms with Crippen molar-refractivity contribution in [1.82, 2.24) is 9.80 Å². The highest BCUT2D eigenvalue weighted by Crippen LogP contribution is 2.20. The van der Waals surface area contributed by atoms with Gasteiger partial charge in [0, 0.05) is 49.5 Å². The number of methoxy groups -OCH3 is 1. The van der Waals surface area contributed by atoms with Crippen molar-refractivity contribution >= 4 is 11.6 Å². The van der Waals surface area contributed by atoms with Crippen molar-refractivity contribution in [1.29, 1.82) is 0 Å². The van der Waals surface area contributed by atoms with Gasteiger partial charge in [-0.25, -0.2) is 0 Å². The van der Waals surface area contributed by atoms with Crippen LogP contribution in [0.2, 0.25) is 0 Å². The van der Waals surface area contributed by atoms with E-state index in [-0.39, 0.29) is 5.91 Å². The largest absolute Gasteiger partial charge is 0.497 e. The third-order valence-corrected chi connectivity index (χ3v) is 4.23. The second kappa shape index (κ2) is 6.80. The Morgan fingerprint density at radius 2 is 1.95 bits per heavy atom. The zero-order chi connectivity index (χ0) is 15.4. The van der Waals surface area contributed by atoms with Gasteiger partial charge >= 0.3 is 0 Å². The summed E-state index contributed by atoms with van der Waals surface area (Å²) in [5, 5.41) is 0. The topological polar surface area (TPSA) is 58.8 Å². The van der Waals surface area contributed by atoms with Crippen molar-refractivity contribution in [3.63, 3.8) is 0 Å². The summed E-state index contributed by atoms with van der Waals surface area (Å²) in [4.78, 5) is 16.9. The van der Waals surface area contributed by atoms with Crippen LogP contribution in [0, 0.1) is 0 Å².